The van der Waals surface area contributed by atoms with Gasteiger partial charge >= 0.3 is 6.09 Å². The summed E-state index contributed by atoms with van der Waals surface area (Å²) in [5.41, 5.74) is 0. The van der Waals surface area contributed by atoms with Gasteiger partial charge in [-0.05, 0) is 6.42 Å². The number of ether oxygens (including phenoxy) is 2. The normalized spacial score (nSPS) is 11.4. The molecule has 0 aromatic carbocycles. The monoisotopic (exact) mass is 221 g/mol. The Morgan fingerprint density at radius 2 is 2.07 bits per heavy atom. The molecular formula is C8H19NO4Si. The zero-order chi connectivity index (χ0) is 11.0. The molecule has 0 aromatic rings. The van der Waals surface area contributed by atoms with Gasteiger partial charge in [-0.25, -0.2) is 4.79 Å². The Morgan fingerprint density at radius 1 is 1.50 bits per heavy atom. The smallest absolute Gasteiger partial charge is 0.407 e. The van der Waals surface area contributed by atoms with Crippen LogP contribution in [-0.2, 0) is 9.47 Å². The van der Waals surface area contributed by atoms with Crippen molar-refractivity contribution in [3.63, 3.8) is 0 Å². The lowest BCUT2D eigenvalue weighted by Gasteiger charge is -2.14. The summed E-state index contributed by atoms with van der Waals surface area (Å²) in [6.07, 6.45) is 0.0137. The molecule has 0 heterocycles. The fourth-order valence-corrected chi connectivity index (χ4v) is 2.40. The molecule has 0 aliphatic rings. The number of nitrogens with zero attached hydrogens (tertiary/aromatic N) is 1. The van der Waals surface area contributed by atoms with E-state index in [9.17, 15) is 4.79 Å². The standard InChI is InChI=1S/C8H19NO4Si/c1-9(7(10)11)5-4-6-14-8(12-2)13-3/h8H,4-6,14H2,1-3H3,(H,10,11). The lowest BCUT2D eigenvalue weighted by molar-refractivity contribution is -0.0441. The van der Waals surface area contributed by atoms with Crippen molar-refractivity contribution < 1.29 is 19.4 Å². The van der Waals surface area contributed by atoms with Gasteiger partial charge in [0, 0.05) is 27.8 Å². The Kier molecular flexibility index (Phi) is 7.45. The van der Waals surface area contributed by atoms with Gasteiger partial charge in [0.25, 0.3) is 0 Å². The van der Waals surface area contributed by atoms with Crippen molar-refractivity contribution in [2.45, 2.75) is 18.4 Å². The van der Waals surface area contributed by atoms with Crippen molar-refractivity contribution >= 4 is 15.6 Å². The number of hydrogen-bond acceptors (Lipinski definition) is 3. The van der Waals surface area contributed by atoms with Crippen LogP contribution in [0.15, 0.2) is 0 Å². The maximum Gasteiger partial charge on any atom is 0.407 e. The maximum atomic E-state index is 10.4. The summed E-state index contributed by atoms with van der Waals surface area (Å²) in [6, 6.07) is 1.03. The number of amides is 1. The molecule has 14 heavy (non-hydrogen) atoms. The fourth-order valence-electron chi connectivity index (χ4n) is 1.09. The van der Waals surface area contributed by atoms with Gasteiger partial charge in [-0.15, -0.1) is 0 Å². The molecule has 0 radical (unpaired) electrons. The van der Waals surface area contributed by atoms with E-state index in [0.717, 1.165) is 12.5 Å². The summed E-state index contributed by atoms with van der Waals surface area (Å²) in [7, 11) is 4.43. The first-order chi connectivity index (χ1) is 6.61. The van der Waals surface area contributed by atoms with Crippen LogP contribution in [0.3, 0.4) is 0 Å². The predicted octanol–water partition coefficient (Wildman–Crippen LogP) is 0.150. The van der Waals surface area contributed by atoms with Crippen molar-refractivity contribution in [2.24, 2.45) is 0 Å². The molecule has 6 heteroatoms. The second-order valence-corrected chi connectivity index (χ2v) is 5.05. The fraction of sp³-hybridized carbons (Fsp3) is 0.875. The van der Waals surface area contributed by atoms with Crippen molar-refractivity contribution in [1.82, 2.24) is 4.90 Å². The average molecular weight is 221 g/mol. The number of methoxy groups -OCH3 is 2. The highest BCUT2D eigenvalue weighted by Crippen LogP contribution is 1.98. The van der Waals surface area contributed by atoms with Gasteiger partial charge in [-0.1, -0.05) is 6.04 Å². The van der Waals surface area contributed by atoms with Crippen molar-refractivity contribution in [1.29, 1.82) is 0 Å². The SMILES string of the molecule is COC(OC)[SiH2]CCCN(C)C(=O)O. The van der Waals surface area contributed by atoms with Gasteiger partial charge in [0.1, 0.15) is 5.91 Å². The number of carbonyl (C=O) groups is 1. The van der Waals surface area contributed by atoms with Gasteiger partial charge in [0.2, 0.25) is 0 Å². The topological polar surface area (TPSA) is 59.0 Å². The van der Waals surface area contributed by atoms with Crippen LogP contribution in [0.25, 0.3) is 0 Å². The van der Waals surface area contributed by atoms with Crippen molar-refractivity contribution in [3.05, 3.63) is 0 Å². The predicted molar refractivity (Wildman–Crippen MR) is 56.4 cm³/mol. The summed E-state index contributed by atoms with van der Waals surface area (Å²) in [6.45, 7) is 0.586. The first kappa shape index (κ1) is 13.4. The molecule has 0 aliphatic carbocycles. The minimum Gasteiger partial charge on any atom is -0.465 e. The molecule has 0 rings (SSSR count). The molecule has 0 atom stereocenters. The van der Waals surface area contributed by atoms with Crippen LogP contribution < -0.4 is 0 Å². The first-order valence-electron chi connectivity index (χ1n) is 4.61. The Balaban J connectivity index is 3.41. The second kappa shape index (κ2) is 7.78. The van der Waals surface area contributed by atoms with Crippen LogP contribution in [0.4, 0.5) is 4.79 Å². The number of hydrogen-bond donors (Lipinski definition) is 1. The van der Waals surface area contributed by atoms with Gasteiger partial charge in [-0.3, -0.25) is 0 Å². The third-order valence-corrected chi connectivity index (χ3v) is 4.08. The zero-order valence-electron chi connectivity index (χ0n) is 9.02. The highest BCUT2D eigenvalue weighted by molar-refractivity contribution is 6.36. The third kappa shape index (κ3) is 5.95. The van der Waals surface area contributed by atoms with E-state index in [1.165, 1.54) is 4.90 Å². The molecule has 0 fully saturated rings. The molecule has 0 aliphatic heterocycles. The van der Waals surface area contributed by atoms with Gasteiger partial charge in [0.15, 0.2) is 0 Å². The minimum absolute atomic E-state index is 0.0369. The highest BCUT2D eigenvalue weighted by Gasteiger charge is 2.07. The van der Waals surface area contributed by atoms with Crippen LogP contribution in [0.5, 0.6) is 0 Å². The molecule has 0 bridgehead atoms. The van der Waals surface area contributed by atoms with Gasteiger partial charge in [-0.2, -0.15) is 0 Å². The number of carboxylic acid groups (broad SMARTS) is 1. The van der Waals surface area contributed by atoms with E-state index >= 15 is 0 Å². The summed E-state index contributed by atoms with van der Waals surface area (Å²) in [5.74, 6) is -0.0369. The Hall–Kier alpha value is -0.593. The average Bonchev–Trinajstić information content (AvgIpc) is 2.17. The molecule has 0 aromatic heterocycles. The summed E-state index contributed by atoms with van der Waals surface area (Å²) in [5, 5.41) is 8.57. The highest BCUT2D eigenvalue weighted by atomic mass is 28.2. The van der Waals surface area contributed by atoms with Crippen LogP contribution in [0.1, 0.15) is 6.42 Å². The molecule has 5 nitrogen and oxygen atoms in total. The van der Waals surface area contributed by atoms with Crippen LogP contribution in [0.2, 0.25) is 6.04 Å². The molecule has 84 valence electrons. The lowest BCUT2D eigenvalue weighted by Crippen LogP contribution is -2.27. The lowest BCUT2D eigenvalue weighted by atomic mass is 10.4. The summed E-state index contributed by atoms with van der Waals surface area (Å²) < 4.78 is 10.1. The molecule has 0 saturated carbocycles. The second-order valence-electron chi connectivity index (χ2n) is 3.10. The van der Waals surface area contributed by atoms with Crippen LogP contribution in [0, 0.1) is 0 Å². The number of rotatable bonds is 7. The van der Waals surface area contributed by atoms with Crippen LogP contribution >= 0.6 is 0 Å². The quantitative estimate of drug-likeness (QED) is 0.378. The maximum absolute atomic E-state index is 10.4. The molecule has 1 N–H and O–H groups in total. The van der Waals surface area contributed by atoms with E-state index in [-0.39, 0.29) is 5.91 Å². The van der Waals surface area contributed by atoms with E-state index < -0.39 is 15.6 Å². The van der Waals surface area contributed by atoms with Crippen LogP contribution in [-0.4, -0.2) is 59.3 Å². The van der Waals surface area contributed by atoms with Crippen molar-refractivity contribution in [3.8, 4) is 0 Å². The van der Waals surface area contributed by atoms with E-state index in [2.05, 4.69) is 0 Å². The first-order valence-corrected chi connectivity index (χ1v) is 6.43. The largest absolute Gasteiger partial charge is 0.465 e. The van der Waals surface area contributed by atoms with E-state index in [1.54, 1.807) is 21.3 Å². The van der Waals surface area contributed by atoms with Crippen molar-refractivity contribution in [2.75, 3.05) is 27.8 Å². The van der Waals surface area contributed by atoms with Gasteiger partial charge in [0.05, 0.1) is 9.52 Å². The van der Waals surface area contributed by atoms with E-state index in [4.69, 9.17) is 14.6 Å². The Labute approximate surface area is 86.8 Å². The molecule has 0 unspecified atom stereocenters. The molecule has 1 amide bonds. The molecule has 0 spiro atoms. The van der Waals surface area contributed by atoms with E-state index in [1.807, 2.05) is 0 Å². The zero-order valence-corrected chi connectivity index (χ0v) is 10.4. The minimum atomic E-state index is -0.873. The Bertz CT molecular complexity index is 163. The molecule has 0 saturated heterocycles. The summed E-state index contributed by atoms with van der Waals surface area (Å²) >= 11 is 0. The third-order valence-electron chi connectivity index (χ3n) is 2.04. The molecular weight excluding hydrogens is 202 g/mol. The van der Waals surface area contributed by atoms with Gasteiger partial charge < -0.3 is 19.5 Å². The summed E-state index contributed by atoms with van der Waals surface area (Å²) in [4.78, 5) is 11.7. The van der Waals surface area contributed by atoms with E-state index in [0.29, 0.717) is 6.54 Å². The Morgan fingerprint density at radius 3 is 2.50 bits per heavy atom.